The van der Waals surface area contributed by atoms with E-state index in [-0.39, 0.29) is 10.6 Å². The molecule has 8 nitrogen and oxygen atoms in total. The molecule has 0 aliphatic carbocycles. The Bertz CT molecular complexity index is 647. The molecule has 1 aromatic rings. The Morgan fingerprint density at radius 3 is 2.48 bits per heavy atom. The van der Waals surface area contributed by atoms with Crippen molar-refractivity contribution >= 4 is 11.6 Å². The first-order valence-electron chi connectivity index (χ1n) is 10.5. The number of rotatable bonds is 10. The number of nitrogens with one attached hydrogen (secondary N) is 2. The van der Waals surface area contributed by atoms with Crippen LogP contribution in [0.5, 0.6) is 0 Å². The predicted octanol–water partition coefficient (Wildman–Crippen LogP) is 2.79. The van der Waals surface area contributed by atoms with Gasteiger partial charge in [0.2, 0.25) is 0 Å². The van der Waals surface area contributed by atoms with Crippen molar-refractivity contribution in [2.24, 2.45) is 10.9 Å². The normalized spacial score (nSPS) is 17.3. The third-order valence-corrected chi connectivity index (χ3v) is 5.14. The van der Waals surface area contributed by atoms with E-state index in [1.165, 1.54) is 12.1 Å². The van der Waals surface area contributed by atoms with Crippen LogP contribution in [0.1, 0.15) is 39.7 Å². The zero-order valence-corrected chi connectivity index (χ0v) is 18.1. The SMILES string of the molecule is CC(C)N(CCNC(=NCc1ccc([N+](=O)[O-])cc1)NCC1CCOC1)C(C)C. The van der Waals surface area contributed by atoms with Gasteiger partial charge < -0.3 is 15.4 Å². The summed E-state index contributed by atoms with van der Waals surface area (Å²) in [5, 5.41) is 17.7. The molecule has 1 aliphatic heterocycles. The summed E-state index contributed by atoms with van der Waals surface area (Å²) in [6.07, 6.45) is 1.07. The van der Waals surface area contributed by atoms with Gasteiger partial charge in [0, 0.05) is 56.4 Å². The van der Waals surface area contributed by atoms with E-state index in [1.807, 2.05) is 0 Å². The van der Waals surface area contributed by atoms with E-state index in [2.05, 4.69) is 48.2 Å². The van der Waals surface area contributed by atoms with Gasteiger partial charge in [-0.1, -0.05) is 12.1 Å². The second-order valence-corrected chi connectivity index (χ2v) is 8.05. The Labute approximate surface area is 173 Å². The van der Waals surface area contributed by atoms with Crippen LogP contribution in [0.25, 0.3) is 0 Å². The summed E-state index contributed by atoms with van der Waals surface area (Å²) in [4.78, 5) is 17.5. The molecule has 1 aromatic carbocycles. The predicted molar refractivity (Wildman–Crippen MR) is 116 cm³/mol. The minimum atomic E-state index is -0.388. The van der Waals surface area contributed by atoms with Crippen molar-refractivity contribution in [2.75, 3.05) is 32.8 Å². The topological polar surface area (TPSA) is 92.0 Å². The molecular weight excluding hydrogens is 370 g/mol. The van der Waals surface area contributed by atoms with Crippen LogP contribution in [-0.4, -0.2) is 60.7 Å². The van der Waals surface area contributed by atoms with Gasteiger partial charge in [-0.15, -0.1) is 0 Å². The van der Waals surface area contributed by atoms with E-state index in [1.54, 1.807) is 12.1 Å². The van der Waals surface area contributed by atoms with Crippen LogP contribution in [0.2, 0.25) is 0 Å². The van der Waals surface area contributed by atoms with Gasteiger partial charge in [0.25, 0.3) is 5.69 Å². The van der Waals surface area contributed by atoms with Crippen LogP contribution in [0, 0.1) is 16.0 Å². The largest absolute Gasteiger partial charge is 0.381 e. The number of nitro groups is 1. The number of non-ortho nitro benzene ring substituents is 1. The molecule has 1 saturated heterocycles. The lowest BCUT2D eigenvalue weighted by atomic mass is 10.1. The van der Waals surface area contributed by atoms with Gasteiger partial charge in [0.15, 0.2) is 5.96 Å². The maximum atomic E-state index is 10.8. The van der Waals surface area contributed by atoms with E-state index in [4.69, 9.17) is 4.74 Å². The van der Waals surface area contributed by atoms with Crippen molar-refractivity contribution < 1.29 is 9.66 Å². The fourth-order valence-corrected chi connectivity index (χ4v) is 3.47. The minimum absolute atomic E-state index is 0.0953. The number of nitrogens with zero attached hydrogens (tertiary/aromatic N) is 3. The summed E-state index contributed by atoms with van der Waals surface area (Å²) >= 11 is 0. The van der Waals surface area contributed by atoms with Gasteiger partial charge >= 0.3 is 0 Å². The Morgan fingerprint density at radius 1 is 1.24 bits per heavy atom. The first-order chi connectivity index (χ1) is 13.9. The van der Waals surface area contributed by atoms with Crippen LogP contribution >= 0.6 is 0 Å². The second kappa shape index (κ2) is 11.7. The van der Waals surface area contributed by atoms with Crippen molar-refractivity contribution in [3.8, 4) is 0 Å². The molecule has 0 aromatic heterocycles. The van der Waals surface area contributed by atoms with Gasteiger partial charge in [-0.05, 0) is 39.7 Å². The van der Waals surface area contributed by atoms with Gasteiger partial charge in [0.05, 0.1) is 18.1 Å². The second-order valence-electron chi connectivity index (χ2n) is 8.05. The Morgan fingerprint density at radius 2 is 1.93 bits per heavy atom. The Hall–Kier alpha value is -2.19. The highest BCUT2D eigenvalue weighted by molar-refractivity contribution is 5.79. The molecule has 0 spiro atoms. The van der Waals surface area contributed by atoms with E-state index in [0.717, 1.165) is 50.8 Å². The summed E-state index contributed by atoms with van der Waals surface area (Å²) in [5.41, 5.74) is 1.03. The number of hydrogen-bond donors (Lipinski definition) is 2. The molecule has 0 saturated carbocycles. The lowest BCUT2D eigenvalue weighted by Gasteiger charge is -2.30. The summed E-state index contributed by atoms with van der Waals surface area (Å²) in [7, 11) is 0. The van der Waals surface area contributed by atoms with E-state index in [9.17, 15) is 10.1 Å². The maximum absolute atomic E-state index is 10.8. The molecule has 29 heavy (non-hydrogen) atoms. The van der Waals surface area contributed by atoms with Crippen LogP contribution in [0.3, 0.4) is 0 Å². The van der Waals surface area contributed by atoms with Crippen molar-refractivity contribution in [2.45, 2.75) is 52.7 Å². The van der Waals surface area contributed by atoms with E-state index < -0.39 is 0 Å². The third kappa shape index (κ3) is 7.98. The summed E-state index contributed by atoms with van der Waals surface area (Å²) in [6, 6.07) is 7.52. The maximum Gasteiger partial charge on any atom is 0.269 e. The lowest BCUT2D eigenvalue weighted by molar-refractivity contribution is -0.384. The highest BCUT2D eigenvalue weighted by Gasteiger charge is 2.16. The molecule has 2 N–H and O–H groups in total. The van der Waals surface area contributed by atoms with E-state index in [0.29, 0.717) is 24.5 Å². The first-order valence-corrected chi connectivity index (χ1v) is 10.5. The Kier molecular flexibility index (Phi) is 9.34. The molecular formula is C21H35N5O3. The number of aliphatic imine (C=N–C) groups is 1. The Balaban J connectivity index is 1.95. The molecule has 0 radical (unpaired) electrons. The number of hydrogen-bond acceptors (Lipinski definition) is 5. The third-order valence-electron chi connectivity index (χ3n) is 5.14. The summed E-state index contributed by atoms with van der Waals surface area (Å²) < 4.78 is 5.45. The fraction of sp³-hybridized carbons (Fsp3) is 0.667. The molecule has 2 rings (SSSR count). The monoisotopic (exact) mass is 405 g/mol. The van der Waals surface area contributed by atoms with Crippen molar-refractivity contribution in [3.05, 3.63) is 39.9 Å². The van der Waals surface area contributed by atoms with Gasteiger partial charge in [-0.25, -0.2) is 4.99 Å². The van der Waals surface area contributed by atoms with Crippen LogP contribution in [0.4, 0.5) is 5.69 Å². The molecule has 1 unspecified atom stereocenters. The van der Waals surface area contributed by atoms with Crippen molar-refractivity contribution in [1.29, 1.82) is 0 Å². The molecule has 1 heterocycles. The zero-order chi connectivity index (χ0) is 21.2. The smallest absolute Gasteiger partial charge is 0.269 e. The lowest BCUT2D eigenvalue weighted by Crippen LogP contribution is -2.46. The number of benzene rings is 1. The highest BCUT2D eigenvalue weighted by atomic mass is 16.6. The van der Waals surface area contributed by atoms with Crippen LogP contribution in [0.15, 0.2) is 29.3 Å². The van der Waals surface area contributed by atoms with Gasteiger partial charge in [-0.3, -0.25) is 15.0 Å². The average molecular weight is 406 g/mol. The van der Waals surface area contributed by atoms with E-state index >= 15 is 0 Å². The molecule has 0 amide bonds. The molecule has 0 bridgehead atoms. The quantitative estimate of drug-likeness (QED) is 0.269. The molecule has 1 fully saturated rings. The van der Waals surface area contributed by atoms with Gasteiger partial charge in [-0.2, -0.15) is 0 Å². The highest BCUT2D eigenvalue weighted by Crippen LogP contribution is 2.13. The van der Waals surface area contributed by atoms with Crippen LogP contribution in [-0.2, 0) is 11.3 Å². The summed E-state index contributed by atoms with van der Waals surface area (Å²) in [5.74, 6) is 1.27. The van der Waals surface area contributed by atoms with Crippen LogP contribution < -0.4 is 10.6 Å². The van der Waals surface area contributed by atoms with Crippen molar-refractivity contribution in [3.63, 3.8) is 0 Å². The zero-order valence-electron chi connectivity index (χ0n) is 18.1. The average Bonchev–Trinajstić information content (AvgIpc) is 3.19. The fourth-order valence-electron chi connectivity index (χ4n) is 3.47. The number of nitro benzene ring substituents is 1. The summed E-state index contributed by atoms with van der Waals surface area (Å²) in [6.45, 7) is 13.5. The minimum Gasteiger partial charge on any atom is -0.381 e. The molecule has 1 aliphatic rings. The number of ether oxygens (including phenoxy) is 1. The molecule has 1 atom stereocenters. The van der Waals surface area contributed by atoms with Crippen molar-refractivity contribution in [1.82, 2.24) is 15.5 Å². The molecule has 162 valence electrons. The molecule has 8 heteroatoms. The van der Waals surface area contributed by atoms with Gasteiger partial charge in [0.1, 0.15) is 0 Å². The first kappa shape index (κ1) is 23.1. The number of guanidine groups is 1. The standard InChI is InChI=1S/C21H35N5O3/c1-16(2)25(17(3)4)11-10-22-21(24-14-19-9-12-29-15-19)23-13-18-5-7-20(8-6-18)26(27)28/h5-8,16-17,19H,9-15H2,1-4H3,(H2,22,23,24).